The highest BCUT2D eigenvalue weighted by Crippen LogP contribution is 2.28. The van der Waals surface area contributed by atoms with Crippen molar-refractivity contribution in [1.29, 1.82) is 0 Å². The predicted molar refractivity (Wildman–Crippen MR) is 103 cm³/mol. The summed E-state index contributed by atoms with van der Waals surface area (Å²) >= 11 is 6.07. The largest absolute Gasteiger partial charge is 0.496 e. The minimum absolute atomic E-state index is 0.00903. The van der Waals surface area contributed by atoms with Gasteiger partial charge in [-0.05, 0) is 42.7 Å². The molecule has 3 rings (SSSR count). The number of hydrogen-bond donors (Lipinski definition) is 1. The molecule has 1 aliphatic rings. The maximum Gasteiger partial charge on any atom is 0.259 e. The SMILES string of the molecule is COc1ccc(S(=O)(=O)C[C@H]2CCOC2)cc1C(=O)Nc1ccccc1Cl. The van der Waals surface area contributed by atoms with Gasteiger partial charge in [0.05, 0.1) is 40.6 Å². The Morgan fingerprint density at radius 2 is 2.07 bits per heavy atom. The molecule has 1 saturated heterocycles. The summed E-state index contributed by atoms with van der Waals surface area (Å²) in [7, 11) is -2.13. The molecule has 6 nitrogen and oxygen atoms in total. The van der Waals surface area contributed by atoms with Crippen LogP contribution in [-0.4, -0.2) is 40.4 Å². The lowest BCUT2D eigenvalue weighted by Crippen LogP contribution is -2.18. The van der Waals surface area contributed by atoms with Crippen LogP contribution in [0.1, 0.15) is 16.8 Å². The lowest BCUT2D eigenvalue weighted by molar-refractivity contribution is 0.102. The van der Waals surface area contributed by atoms with Gasteiger partial charge in [0.1, 0.15) is 5.75 Å². The molecule has 1 N–H and O–H groups in total. The van der Waals surface area contributed by atoms with Crippen LogP contribution >= 0.6 is 11.6 Å². The van der Waals surface area contributed by atoms with E-state index >= 15 is 0 Å². The van der Waals surface area contributed by atoms with E-state index in [2.05, 4.69) is 5.32 Å². The first-order chi connectivity index (χ1) is 12.9. The van der Waals surface area contributed by atoms with Crippen molar-refractivity contribution in [2.75, 3.05) is 31.4 Å². The van der Waals surface area contributed by atoms with Gasteiger partial charge < -0.3 is 14.8 Å². The van der Waals surface area contributed by atoms with Gasteiger partial charge in [-0.25, -0.2) is 8.42 Å². The van der Waals surface area contributed by atoms with E-state index in [0.717, 1.165) is 6.42 Å². The van der Waals surface area contributed by atoms with Crippen LogP contribution in [0.4, 0.5) is 5.69 Å². The van der Waals surface area contributed by atoms with Crippen molar-refractivity contribution in [3.8, 4) is 5.75 Å². The molecule has 1 atom stereocenters. The van der Waals surface area contributed by atoms with Crippen LogP contribution in [0.3, 0.4) is 0 Å². The Kier molecular flexibility index (Phi) is 6.04. The van der Waals surface area contributed by atoms with Crippen molar-refractivity contribution in [3.05, 3.63) is 53.1 Å². The molecule has 0 spiro atoms. The van der Waals surface area contributed by atoms with E-state index in [0.29, 0.717) is 23.9 Å². The molecule has 144 valence electrons. The summed E-state index contributed by atoms with van der Waals surface area (Å²) in [5.41, 5.74) is 0.559. The molecular formula is C19H20ClNO5S. The minimum atomic E-state index is -3.55. The summed E-state index contributed by atoms with van der Waals surface area (Å²) in [5.74, 6) is -0.258. The van der Waals surface area contributed by atoms with Crippen molar-refractivity contribution in [2.24, 2.45) is 5.92 Å². The summed E-state index contributed by atoms with van der Waals surface area (Å²) in [6.45, 7) is 1.02. The molecule has 0 saturated carbocycles. The lowest BCUT2D eigenvalue weighted by Gasteiger charge is -2.13. The van der Waals surface area contributed by atoms with Gasteiger partial charge in [-0.1, -0.05) is 23.7 Å². The Morgan fingerprint density at radius 1 is 1.30 bits per heavy atom. The number of ether oxygens (including phenoxy) is 2. The van der Waals surface area contributed by atoms with Gasteiger partial charge in [-0.15, -0.1) is 0 Å². The number of carbonyl (C=O) groups excluding carboxylic acids is 1. The normalized spacial score (nSPS) is 16.9. The highest BCUT2D eigenvalue weighted by molar-refractivity contribution is 7.91. The quantitative estimate of drug-likeness (QED) is 0.790. The van der Waals surface area contributed by atoms with Crippen molar-refractivity contribution in [2.45, 2.75) is 11.3 Å². The molecule has 2 aromatic carbocycles. The van der Waals surface area contributed by atoms with Crippen LogP contribution < -0.4 is 10.1 Å². The topological polar surface area (TPSA) is 81.7 Å². The zero-order valence-electron chi connectivity index (χ0n) is 14.8. The number of hydrogen-bond acceptors (Lipinski definition) is 5. The molecular weight excluding hydrogens is 390 g/mol. The third-order valence-electron chi connectivity index (χ3n) is 4.38. The molecule has 1 aliphatic heterocycles. The second-order valence-electron chi connectivity index (χ2n) is 6.31. The van der Waals surface area contributed by atoms with E-state index in [-0.39, 0.29) is 27.9 Å². The van der Waals surface area contributed by atoms with Gasteiger partial charge in [0.15, 0.2) is 9.84 Å². The Balaban J connectivity index is 1.89. The van der Waals surface area contributed by atoms with E-state index in [1.54, 1.807) is 24.3 Å². The molecule has 0 bridgehead atoms. The zero-order chi connectivity index (χ0) is 19.4. The summed E-state index contributed by atoms with van der Waals surface area (Å²) in [4.78, 5) is 12.8. The van der Waals surface area contributed by atoms with E-state index < -0.39 is 15.7 Å². The van der Waals surface area contributed by atoms with E-state index in [9.17, 15) is 13.2 Å². The Bertz CT molecular complexity index is 939. The van der Waals surface area contributed by atoms with Crippen LogP contribution in [0.15, 0.2) is 47.4 Å². The maximum absolute atomic E-state index is 12.7. The maximum atomic E-state index is 12.7. The van der Waals surface area contributed by atoms with E-state index in [1.165, 1.54) is 25.3 Å². The summed E-state index contributed by atoms with van der Waals surface area (Å²) in [6, 6.07) is 11.1. The highest BCUT2D eigenvalue weighted by atomic mass is 35.5. The Labute approximate surface area is 163 Å². The smallest absolute Gasteiger partial charge is 0.259 e. The fourth-order valence-corrected chi connectivity index (χ4v) is 4.76. The molecule has 0 unspecified atom stereocenters. The minimum Gasteiger partial charge on any atom is -0.496 e. The highest BCUT2D eigenvalue weighted by Gasteiger charge is 2.26. The first-order valence-corrected chi connectivity index (χ1v) is 10.5. The fraction of sp³-hybridized carbons (Fsp3) is 0.316. The third-order valence-corrected chi connectivity index (χ3v) is 6.59. The van der Waals surface area contributed by atoms with Crippen LogP contribution in [0.25, 0.3) is 0 Å². The third kappa shape index (κ3) is 4.61. The monoisotopic (exact) mass is 409 g/mol. The molecule has 1 heterocycles. The number of anilines is 1. The molecule has 0 aliphatic carbocycles. The second-order valence-corrected chi connectivity index (χ2v) is 8.75. The molecule has 1 amide bonds. The average Bonchev–Trinajstić information content (AvgIpc) is 3.15. The number of benzene rings is 2. The average molecular weight is 410 g/mol. The summed E-state index contributed by atoms with van der Waals surface area (Å²) < 4.78 is 35.9. The number of para-hydroxylation sites is 1. The van der Waals surface area contributed by atoms with Crippen LogP contribution in [-0.2, 0) is 14.6 Å². The van der Waals surface area contributed by atoms with Crippen LogP contribution in [0.5, 0.6) is 5.75 Å². The predicted octanol–water partition coefficient (Wildman–Crippen LogP) is 3.41. The number of rotatable bonds is 6. The summed E-state index contributed by atoms with van der Waals surface area (Å²) in [6.07, 6.45) is 0.717. The van der Waals surface area contributed by atoms with Gasteiger partial charge in [-0.3, -0.25) is 4.79 Å². The van der Waals surface area contributed by atoms with Crippen molar-refractivity contribution >= 4 is 33.0 Å². The number of nitrogens with one attached hydrogen (secondary N) is 1. The van der Waals surface area contributed by atoms with E-state index in [1.807, 2.05) is 0 Å². The van der Waals surface area contributed by atoms with Gasteiger partial charge in [0.2, 0.25) is 0 Å². The summed E-state index contributed by atoms with van der Waals surface area (Å²) in [5, 5.41) is 3.07. The lowest BCUT2D eigenvalue weighted by atomic mass is 10.1. The van der Waals surface area contributed by atoms with Gasteiger partial charge in [0.25, 0.3) is 5.91 Å². The number of methoxy groups -OCH3 is 1. The molecule has 2 aromatic rings. The zero-order valence-corrected chi connectivity index (χ0v) is 16.3. The number of amides is 1. The Morgan fingerprint density at radius 3 is 2.74 bits per heavy atom. The number of sulfone groups is 1. The van der Waals surface area contributed by atoms with Gasteiger partial charge in [0, 0.05) is 6.61 Å². The van der Waals surface area contributed by atoms with Crippen LogP contribution in [0.2, 0.25) is 5.02 Å². The molecule has 0 aromatic heterocycles. The molecule has 0 radical (unpaired) electrons. The molecule has 27 heavy (non-hydrogen) atoms. The van der Waals surface area contributed by atoms with E-state index in [4.69, 9.17) is 21.1 Å². The standard InChI is InChI=1S/C19H20ClNO5S/c1-25-18-7-6-14(27(23,24)12-13-8-9-26-11-13)10-15(18)19(22)21-17-5-3-2-4-16(17)20/h2-7,10,13H,8-9,11-12H2,1H3,(H,21,22)/t13-/m0/s1. The molecule has 1 fully saturated rings. The van der Waals surface area contributed by atoms with Gasteiger partial charge >= 0.3 is 0 Å². The van der Waals surface area contributed by atoms with Crippen molar-refractivity contribution in [3.63, 3.8) is 0 Å². The first kappa shape index (κ1) is 19.7. The Hall–Kier alpha value is -2.09. The van der Waals surface area contributed by atoms with Crippen molar-refractivity contribution in [1.82, 2.24) is 0 Å². The second kappa shape index (κ2) is 8.29. The first-order valence-electron chi connectivity index (χ1n) is 8.45. The number of carbonyl (C=O) groups is 1. The number of halogens is 1. The molecule has 8 heteroatoms. The van der Waals surface area contributed by atoms with Crippen molar-refractivity contribution < 1.29 is 22.7 Å². The van der Waals surface area contributed by atoms with Crippen LogP contribution in [0, 0.1) is 5.92 Å². The fourth-order valence-electron chi connectivity index (χ4n) is 2.93. The van der Waals surface area contributed by atoms with Gasteiger partial charge in [-0.2, -0.15) is 0 Å².